The number of rotatable bonds is 7. The molecule has 0 aromatic carbocycles. The van der Waals surface area contributed by atoms with Gasteiger partial charge in [0.05, 0.1) is 19.2 Å². The van der Waals surface area contributed by atoms with E-state index < -0.39 is 0 Å². The Bertz CT molecular complexity index is 901. The maximum atomic E-state index is 11.8. The second-order valence-corrected chi connectivity index (χ2v) is 6.27. The first-order chi connectivity index (χ1) is 12.6. The largest absolute Gasteiger partial charge is 0.383 e. The predicted molar refractivity (Wildman–Crippen MR) is 93.5 cm³/mol. The zero-order valence-corrected chi connectivity index (χ0v) is 14.3. The van der Waals surface area contributed by atoms with Gasteiger partial charge in [-0.25, -0.2) is 0 Å². The van der Waals surface area contributed by atoms with E-state index in [2.05, 4.69) is 31.0 Å². The van der Waals surface area contributed by atoms with Crippen molar-refractivity contribution >= 4 is 35.4 Å². The Kier molecular flexibility index (Phi) is 4.25. The van der Waals surface area contributed by atoms with E-state index >= 15 is 0 Å². The van der Waals surface area contributed by atoms with Crippen molar-refractivity contribution in [2.24, 2.45) is 0 Å². The van der Waals surface area contributed by atoms with Crippen molar-refractivity contribution in [1.82, 2.24) is 24.9 Å². The van der Waals surface area contributed by atoms with Gasteiger partial charge in [0, 0.05) is 30.8 Å². The van der Waals surface area contributed by atoms with Gasteiger partial charge in [0.2, 0.25) is 17.8 Å². The predicted octanol–water partition coefficient (Wildman–Crippen LogP) is 0.187. The summed E-state index contributed by atoms with van der Waals surface area (Å²) in [6.07, 6.45) is 5.51. The van der Waals surface area contributed by atoms with Crippen LogP contribution < -0.4 is 16.0 Å². The number of amides is 2. The molecule has 2 aromatic heterocycles. The molecule has 2 aromatic rings. The first-order valence-corrected chi connectivity index (χ1v) is 8.44. The van der Waals surface area contributed by atoms with E-state index in [1.165, 1.54) is 0 Å². The van der Waals surface area contributed by atoms with Crippen LogP contribution in [0.2, 0.25) is 0 Å². The van der Waals surface area contributed by atoms with Crippen LogP contribution in [0.3, 0.4) is 0 Å². The van der Waals surface area contributed by atoms with Gasteiger partial charge in [-0.05, 0) is 18.9 Å². The van der Waals surface area contributed by atoms with E-state index in [0.717, 1.165) is 12.8 Å². The van der Waals surface area contributed by atoms with Crippen molar-refractivity contribution in [2.75, 3.05) is 30.9 Å². The number of aromatic nitrogens is 4. The van der Waals surface area contributed by atoms with Crippen LogP contribution in [0.4, 0.5) is 11.9 Å². The lowest BCUT2D eigenvalue weighted by atomic mass is 10.1. The monoisotopic (exact) mass is 357 g/mol. The molecule has 0 spiro atoms. The molecule has 3 heterocycles. The molecule has 2 amide bonds. The summed E-state index contributed by atoms with van der Waals surface area (Å²) in [5, 5.41) is 13.0. The number of hydrogen-bond donors (Lipinski definition) is 3. The normalized spacial score (nSPS) is 18.6. The SMILES string of the molecule is COCCNc1nc(NC2CC2)nc2c(C=C3CC(=O)NC3=O)cnn12. The number of hydrogen-bond acceptors (Lipinski definition) is 8. The van der Waals surface area contributed by atoms with Crippen LogP contribution in [0.5, 0.6) is 0 Å². The summed E-state index contributed by atoms with van der Waals surface area (Å²) in [4.78, 5) is 32.2. The van der Waals surface area contributed by atoms with E-state index in [1.54, 1.807) is 23.9 Å². The van der Waals surface area contributed by atoms with Crippen molar-refractivity contribution in [2.45, 2.75) is 25.3 Å². The van der Waals surface area contributed by atoms with Crippen molar-refractivity contribution in [3.8, 4) is 0 Å². The number of nitrogens with one attached hydrogen (secondary N) is 3. The minimum atomic E-state index is -0.377. The fraction of sp³-hybridized carbons (Fsp3) is 0.438. The molecule has 0 atom stereocenters. The van der Waals surface area contributed by atoms with Crippen molar-refractivity contribution in [1.29, 1.82) is 0 Å². The van der Waals surface area contributed by atoms with Crippen LogP contribution in [0.25, 0.3) is 11.7 Å². The number of anilines is 2. The first-order valence-electron chi connectivity index (χ1n) is 8.44. The minimum Gasteiger partial charge on any atom is -0.383 e. The average Bonchev–Trinajstić information content (AvgIpc) is 3.24. The average molecular weight is 357 g/mol. The molecular formula is C16H19N7O3. The Morgan fingerprint density at radius 3 is 2.92 bits per heavy atom. The number of imide groups is 1. The van der Waals surface area contributed by atoms with E-state index in [-0.39, 0.29) is 18.2 Å². The number of carbonyl (C=O) groups excluding carboxylic acids is 2. The molecule has 136 valence electrons. The van der Waals surface area contributed by atoms with Gasteiger partial charge >= 0.3 is 0 Å². The highest BCUT2D eigenvalue weighted by Crippen LogP contribution is 2.25. The van der Waals surface area contributed by atoms with Gasteiger partial charge in [0.25, 0.3) is 5.91 Å². The summed E-state index contributed by atoms with van der Waals surface area (Å²) in [5.41, 5.74) is 1.61. The summed E-state index contributed by atoms with van der Waals surface area (Å²) in [6.45, 7) is 1.09. The van der Waals surface area contributed by atoms with Crippen LogP contribution in [-0.4, -0.2) is 57.7 Å². The van der Waals surface area contributed by atoms with Gasteiger partial charge in [-0.1, -0.05) is 0 Å². The van der Waals surface area contributed by atoms with Crippen LogP contribution in [0.1, 0.15) is 24.8 Å². The molecule has 10 heteroatoms. The lowest BCUT2D eigenvalue weighted by Crippen LogP contribution is -2.19. The second-order valence-electron chi connectivity index (χ2n) is 6.27. The third-order valence-electron chi connectivity index (χ3n) is 4.12. The Morgan fingerprint density at radius 2 is 2.23 bits per heavy atom. The molecule has 2 fully saturated rings. The Labute approximate surface area is 149 Å². The molecule has 4 rings (SSSR count). The Morgan fingerprint density at radius 1 is 1.38 bits per heavy atom. The van der Waals surface area contributed by atoms with E-state index in [0.29, 0.717) is 47.9 Å². The summed E-state index contributed by atoms with van der Waals surface area (Å²) >= 11 is 0. The van der Waals surface area contributed by atoms with Crippen molar-refractivity contribution in [3.05, 3.63) is 17.3 Å². The highest BCUT2D eigenvalue weighted by molar-refractivity contribution is 6.15. The van der Waals surface area contributed by atoms with Crippen molar-refractivity contribution < 1.29 is 14.3 Å². The third kappa shape index (κ3) is 3.36. The molecule has 1 saturated heterocycles. The maximum absolute atomic E-state index is 11.8. The minimum absolute atomic E-state index is 0.0629. The molecular weight excluding hydrogens is 338 g/mol. The molecule has 0 unspecified atom stereocenters. The fourth-order valence-electron chi connectivity index (χ4n) is 2.66. The summed E-state index contributed by atoms with van der Waals surface area (Å²) in [7, 11) is 1.63. The molecule has 10 nitrogen and oxygen atoms in total. The highest BCUT2D eigenvalue weighted by atomic mass is 16.5. The summed E-state index contributed by atoms with van der Waals surface area (Å²) in [6, 6.07) is 0.396. The number of fused-ring (bicyclic) bond motifs is 1. The second kappa shape index (κ2) is 6.71. The summed E-state index contributed by atoms with van der Waals surface area (Å²) in [5.74, 6) is 0.363. The van der Waals surface area contributed by atoms with Gasteiger partial charge in [-0.15, -0.1) is 0 Å². The van der Waals surface area contributed by atoms with Gasteiger partial charge in [-0.2, -0.15) is 19.6 Å². The quantitative estimate of drug-likeness (QED) is 0.365. The van der Waals surface area contributed by atoms with Gasteiger partial charge in [-0.3, -0.25) is 14.9 Å². The molecule has 0 radical (unpaired) electrons. The van der Waals surface area contributed by atoms with E-state index in [4.69, 9.17) is 4.74 Å². The van der Waals surface area contributed by atoms with Crippen LogP contribution in [0.15, 0.2) is 11.8 Å². The number of methoxy groups -OCH3 is 1. The molecule has 2 aliphatic rings. The van der Waals surface area contributed by atoms with Crippen LogP contribution >= 0.6 is 0 Å². The number of ether oxygens (including phenoxy) is 1. The number of nitrogens with zero attached hydrogens (tertiary/aromatic N) is 4. The molecule has 1 aliphatic heterocycles. The van der Waals surface area contributed by atoms with Crippen LogP contribution in [-0.2, 0) is 14.3 Å². The Balaban J connectivity index is 1.72. The fourth-order valence-corrected chi connectivity index (χ4v) is 2.66. The molecule has 3 N–H and O–H groups in total. The zero-order chi connectivity index (χ0) is 18.1. The van der Waals surface area contributed by atoms with E-state index in [1.807, 2.05) is 0 Å². The first kappa shape index (κ1) is 16.5. The van der Waals surface area contributed by atoms with Gasteiger partial charge in [0.15, 0.2) is 5.65 Å². The highest BCUT2D eigenvalue weighted by Gasteiger charge is 2.25. The standard InChI is InChI=1S/C16H19N7O3/c1-26-5-4-17-16-22-15(19-11-2-3-11)21-13-10(8-18-23(13)16)6-9-7-12(24)20-14(9)25/h6,8,11H,2-5,7H2,1H3,(H,20,24,25)(H2,17,19,21,22). The van der Waals surface area contributed by atoms with Crippen molar-refractivity contribution in [3.63, 3.8) is 0 Å². The van der Waals surface area contributed by atoms with Gasteiger partial charge in [0.1, 0.15) is 0 Å². The van der Waals surface area contributed by atoms with Gasteiger partial charge < -0.3 is 15.4 Å². The molecule has 26 heavy (non-hydrogen) atoms. The van der Waals surface area contributed by atoms with E-state index in [9.17, 15) is 9.59 Å². The molecule has 0 bridgehead atoms. The topological polar surface area (TPSA) is 123 Å². The lowest BCUT2D eigenvalue weighted by Gasteiger charge is -2.10. The smallest absolute Gasteiger partial charge is 0.254 e. The maximum Gasteiger partial charge on any atom is 0.254 e. The zero-order valence-electron chi connectivity index (χ0n) is 14.3. The van der Waals surface area contributed by atoms with Crippen LogP contribution in [0, 0.1) is 0 Å². The molecule has 1 saturated carbocycles. The Hall–Kier alpha value is -3.01. The molecule has 1 aliphatic carbocycles. The summed E-state index contributed by atoms with van der Waals surface area (Å²) < 4.78 is 6.64. The number of carbonyl (C=O) groups is 2. The lowest BCUT2D eigenvalue weighted by molar-refractivity contribution is -0.124. The third-order valence-corrected chi connectivity index (χ3v) is 4.12.